The molecule has 1 aromatic rings. The lowest BCUT2D eigenvalue weighted by Gasteiger charge is -2.26. The van der Waals surface area contributed by atoms with Gasteiger partial charge in [-0.05, 0) is 44.4 Å². The number of anilines is 1. The molecule has 0 aromatic carbocycles. The summed E-state index contributed by atoms with van der Waals surface area (Å²) in [5.41, 5.74) is 2.60. The van der Waals surface area contributed by atoms with Gasteiger partial charge >= 0.3 is 0 Å². The highest BCUT2D eigenvalue weighted by atomic mass is 16.5. The smallest absolute Gasteiger partial charge is 0.219 e. The zero-order valence-electron chi connectivity index (χ0n) is 11.4. The van der Waals surface area contributed by atoms with Gasteiger partial charge in [0, 0.05) is 12.0 Å². The van der Waals surface area contributed by atoms with E-state index in [1.54, 1.807) is 6.07 Å². The summed E-state index contributed by atoms with van der Waals surface area (Å²) in [6, 6.07) is 1.80. The Bertz CT molecular complexity index is 439. The van der Waals surface area contributed by atoms with Gasteiger partial charge in [0.1, 0.15) is 17.7 Å². The Labute approximate surface area is 113 Å². The highest BCUT2D eigenvalue weighted by molar-refractivity contribution is 5.38. The van der Waals surface area contributed by atoms with Crippen LogP contribution in [0.3, 0.4) is 0 Å². The second kappa shape index (κ2) is 5.33. The van der Waals surface area contributed by atoms with E-state index in [1.165, 1.54) is 25.7 Å². The van der Waals surface area contributed by atoms with Crippen molar-refractivity contribution in [1.29, 1.82) is 0 Å². The Morgan fingerprint density at radius 2 is 1.89 bits per heavy atom. The topological polar surface area (TPSA) is 73.1 Å². The number of hydrogen-bond acceptors (Lipinski definition) is 5. The van der Waals surface area contributed by atoms with Crippen molar-refractivity contribution in [3.8, 4) is 5.88 Å². The molecule has 2 saturated carbocycles. The number of nitrogen functional groups attached to an aromatic ring is 1. The minimum absolute atomic E-state index is 0.295. The van der Waals surface area contributed by atoms with E-state index in [0.29, 0.717) is 23.7 Å². The number of hydrogen-bond donors (Lipinski definition) is 2. The summed E-state index contributed by atoms with van der Waals surface area (Å²) in [5.74, 6) is 8.98. The fourth-order valence-corrected chi connectivity index (χ4v) is 2.62. The monoisotopic (exact) mass is 262 g/mol. The van der Waals surface area contributed by atoms with Gasteiger partial charge in [-0.25, -0.2) is 10.8 Å². The molecule has 0 bridgehead atoms. The maximum Gasteiger partial charge on any atom is 0.219 e. The summed E-state index contributed by atoms with van der Waals surface area (Å²) in [7, 11) is 0. The molecule has 0 atom stereocenters. The fourth-order valence-electron chi connectivity index (χ4n) is 2.62. The predicted octanol–water partition coefficient (Wildman–Crippen LogP) is 2.60. The van der Waals surface area contributed by atoms with Gasteiger partial charge in [0.15, 0.2) is 0 Å². The number of nitrogens with zero attached hydrogens (tertiary/aromatic N) is 2. The number of nitrogens with one attached hydrogen (secondary N) is 1. The standard InChI is InChI=1S/C14H22N4O/c1-9-2-6-11(7-3-9)19-13-8-12(18-15)16-14(17-13)10-4-5-10/h8-11H,2-7,15H2,1H3,(H,16,17,18). The second-order valence-electron chi connectivity index (χ2n) is 5.87. The van der Waals surface area contributed by atoms with Gasteiger partial charge in [-0.2, -0.15) is 4.98 Å². The SMILES string of the molecule is CC1CCC(Oc2cc(NN)nc(C3CC3)n2)CC1. The molecule has 5 heteroatoms. The molecule has 0 unspecified atom stereocenters. The Morgan fingerprint density at radius 3 is 2.53 bits per heavy atom. The van der Waals surface area contributed by atoms with Crippen LogP contribution in [0.15, 0.2) is 6.07 Å². The van der Waals surface area contributed by atoms with Crippen LogP contribution in [0, 0.1) is 5.92 Å². The highest BCUT2D eigenvalue weighted by Crippen LogP contribution is 2.39. The molecule has 2 aliphatic rings. The molecular weight excluding hydrogens is 240 g/mol. The zero-order chi connectivity index (χ0) is 13.2. The van der Waals surface area contributed by atoms with Crippen LogP contribution in [0.25, 0.3) is 0 Å². The van der Waals surface area contributed by atoms with E-state index in [4.69, 9.17) is 10.6 Å². The van der Waals surface area contributed by atoms with E-state index in [9.17, 15) is 0 Å². The van der Waals surface area contributed by atoms with Gasteiger partial charge in [-0.1, -0.05) is 6.92 Å². The first-order chi connectivity index (χ1) is 9.24. The molecule has 3 N–H and O–H groups in total. The lowest BCUT2D eigenvalue weighted by molar-refractivity contribution is 0.129. The van der Waals surface area contributed by atoms with E-state index in [1.807, 2.05) is 0 Å². The van der Waals surface area contributed by atoms with Crippen molar-refractivity contribution < 1.29 is 4.74 Å². The van der Waals surface area contributed by atoms with Gasteiger partial charge in [0.25, 0.3) is 0 Å². The molecule has 3 rings (SSSR count). The van der Waals surface area contributed by atoms with Crippen LogP contribution in [0.4, 0.5) is 5.82 Å². The molecule has 19 heavy (non-hydrogen) atoms. The summed E-state index contributed by atoms with van der Waals surface area (Å²) >= 11 is 0. The Kier molecular flexibility index (Phi) is 3.55. The van der Waals surface area contributed by atoms with Crippen molar-refractivity contribution in [3.05, 3.63) is 11.9 Å². The van der Waals surface area contributed by atoms with E-state index in [2.05, 4.69) is 22.3 Å². The number of rotatable bonds is 4. The lowest BCUT2D eigenvalue weighted by Crippen LogP contribution is -2.24. The molecule has 2 aliphatic carbocycles. The zero-order valence-corrected chi connectivity index (χ0v) is 11.4. The number of nitrogens with two attached hydrogens (primary N) is 1. The van der Waals surface area contributed by atoms with E-state index in [-0.39, 0.29) is 0 Å². The molecule has 2 fully saturated rings. The van der Waals surface area contributed by atoms with Crippen molar-refractivity contribution in [2.24, 2.45) is 11.8 Å². The van der Waals surface area contributed by atoms with Gasteiger partial charge in [0.2, 0.25) is 5.88 Å². The van der Waals surface area contributed by atoms with Crippen LogP contribution >= 0.6 is 0 Å². The van der Waals surface area contributed by atoms with Gasteiger partial charge < -0.3 is 10.2 Å². The van der Waals surface area contributed by atoms with Crippen molar-refractivity contribution in [3.63, 3.8) is 0 Å². The molecule has 0 saturated heterocycles. The highest BCUT2D eigenvalue weighted by Gasteiger charge is 2.28. The van der Waals surface area contributed by atoms with Crippen molar-refractivity contribution in [1.82, 2.24) is 9.97 Å². The molecule has 0 spiro atoms. The first-order valence-electron chi connectivity index (χ1n) is 7.27. The normalized spacial score (nSPS) is 27.1. The van der Waals surface area contributed by atoms with E-state index < -0.39 is 0 Å². The van der Waals surface area contributed by atoms with Crippen molar-refractivity contribution >= 4 is 5.82 Å². The maximum absolute atomic E-state index is 6.02. The lowest BCUT2D eigenvalue weighted by atomic mass is 9.89. The van der Waals surface area contributed by atoms with Crippen LogP contribution in [0.2, 0.25) is 0 Å². The summed E-state index contributed by atoms with van der Waals surface area (Å²) < 4.78 is 6.02. The van der Waals surface area contributed by atoms with Gasteiger partial charge in [-0.3, -0.25) is 0 Å². The third kappa shape index (κ3) is 3.15. The molecule has 1 aromatic heterocycles. The average Bonchev–Trinajstić information content (AvgIpc) is 3.25. The summed E-state index contributed by atoms with van der Waals surface area (Å²) in [6.07, 6.45) is 7.37. The third-order valence-electron chi connectivity index (χ3n) is 4.06. The molecular formula is C14H22N4O. The molecule has 5 nitrogen and oxygen atoms in total. The Morgan fingerprint density at radius 1 is 1.16 bits per heavy atom. The van der Waals surface area contributed by atoms with Crippen LogP contribution in [-0.4, -0.2) is 16.1 Å². The number of aromatic nitrogens is 2. The summed E-state index contributed by atoms with van der Waals surface area (Å²) in [5, 5.41) is 0. The largest absolute Gasteiger partial charge is 0.474 e. The molecule has 1 heterocycles. The molecule has 0 radical (unpaired) electrons. The average molecular weight is 262 g/mol. The minimum atomic E-state index is 0.295. The van der Waals surface area contributed by atoms with Crippen LogP contribution < -0.4 is 16.0 Å². The van der Waals surface area contributed by atoms with E-state index in [0.717, 1.165) is 24.6 Å². The maximum atomic E-state index is 6.02. The third-order valence-corrected chi connectivity index (χ3v) is 4.06. The fraction of sp³-hybridized carbons (Fsp3) is 0.714. The van der Waals surface area contributed by atoms with Crippen molar-refractivity contribution in [2.75, 3.05) is 5.43 Å². The molecule has 104 valence electrons. The number of hydrazine groups is 1. The first-order valence-corrected chi connectivity index (χ1v) is 7.27. The number of ether oxygens (including phenoxy) is 1. The Hall–Kier alpha value is -1.36. The summed E-state index contributed by atoms with van der Waals surface area (Å²) in [4.78, 5) is 8.92. The predicted molar refractivity (Wildman–Crippen MR) is 73.9 cm³/mol. The molecule has 0 amide bonds. The minimum Gasteiger partial charge on any atom is -0.474 e. The van der Waals surface area contributed by atoms with Crippen LogP contribution in [0.1, 0.15) is 57.2 Å². The van der Waals surface area contributed by atoms with Crippen LogP contribution in [0.5, 0.6) is 5.88 Å². The van der Waals surface area contributed by atoms with Gasteiger partial charge in [-0.15, -0.1) is 0 Å². The summed E-state index contributed by atoms with van der Waals surface area (Å²) in [6.45, 7) is 2.31. The van der Waals surface area contributed by atoms with E-state index >= 15 is 0 Å². The first kappa shape index (κ1) is 12.7. The molecule has 0 aliphatic heterocycles. The Balaban J connectivity index is 1.70. The van der Waals surface area contributed by atoms with Crippen molar-refractivity contribution in [2.45, 2.75) is 57.5 Å². The van der Waals surface area contributed by atoms with Crippen LogP contribution in [-0.2, 0) is 0 Å². The van der Waals surface area contributed by atoms with Gasteiger partial charge in [0.05, 0.1) is 0 Å². The quantitative estimate of drug-likeness (QED) is 0.644. The second-order valence-corrected chi connectivity index (χ2v) is 5.87.